The summed E-state index contributed by atoms with van der Waals surface area (Å²) in [5.74, 6) is 0. The molecule has 0 spiro atoms. The van der Waals surface area contributed by atoms with Crippen molar-refractivity contribution in [2.45, 2.75) is 18.4 Å². The number of nitrogens with two attached hydrogens (primary N) is 2. The van der Waals surface area contributed by atoms with Gasteiger partial charge in [-0.3, -0.25) is 0 Å². The highest BCUT2D eigenvalue weighted by Crippen LogP contribution is 2.24. The summed E-state index contributed by atoms with van der Waals surface area (Å²) < 4.78 is 0. The Hall–Kier alpha value is -2.44. The first-order valence-corrected chi connectivity index (χ1v) is 8.02. The molecular formula is C18H26N4O2. The zero-order valence-corrected chi connectivity index (χ0v) is 13.7. The molecule has 8 N–H and O–H groups in total. The summed E-state index contributed by atoms with van der Waals surface area (Å²) in [6.45, 7) is 0.583. The second-order valence-corrected chi connectivity index (χ2v) is 5.95. The Balaban J connectivity index is 2.14. The van der Waals surface area contributed by atoms with Crippen molar-refractivity contribution in [2.24, 2.45) is 0 Å². The molecule has 0 fully saturated rings. The predicted octanol–water partition coefficient (Wildman–Crippen LogP) is 1.88. The van der Waals surface area contributed by atoms with Gasteiger partial charge in [0.1, 0.15) is 0 Å². The standard InChI is InChI=1S/C18H26N4O2/c19-14-1-5-16(6-2-14)21-13-18(9-11-23,10-12-24)22-17-7-3-15(20)4-8-17/h1-8,21-24H,9-13,19-20H2. The lowest BCUT2D eigenvalue weighted by Gasteiger charge is -2.36. The van der Waals surface area contributed by atoms with E-state index in [0.717, 1.165) is 11.4 Å². The van der Waals surface area contributed by atoms with E-state index in [9.17, 15) is 10.2 Å². The molecule has 2 rings (SSSR count). The lowest BCUT2D eigenvalue weighted by Crippen LogP contribution is -2.46. The Bertz CT molecular complexity index is 608. The number of anilines is 4. The fourth-order valence-electron chi connectivity index (χ4n) is 2.64. The number of rotatable bonds is 9. The Morgan fingerprint density at radius 1 is 0.750 bits per heavy atom. The van der Waals surface area contributed by atoms with E-state index in [0.29, 0.717) is 30.8 Å². The minimum Gasteiger partial charge on any atom is -0.399 e. The van der Waals surface area contributed by atoms with E-state index >= 15 is 0 Å². The normalized spacial score (nSPS) is 11.2. The van der Waals surface area contributed by atoms with Gasteiger partial charge in [-0.2, -0.15) is 0 Å². The third kappa shape index (κ3) is 5.04. The van der Waals surface area contributed by atoms with Gasteiger partial charge in [0, 0.05) is 42.5 Å². The zero-order chi connectivity index (χ0) is 17.4. The summed E-state index contributed by atoms with van der Waals surface area (Å²) in [6, 6.07) is 14.9. The number of benzene rings is 2. The molecule has 0 aliphatic carbocycles. The molecule has 130 valence electrons. The number of hydrogen-bond acceptors (Lipinski definition) is 6. The van der Waals surface area contributed by atoms with Crippen LogP contribution < -0.4 is 22.1 Å². The summed E-state index contributed by atoms with van der Waals surface area (Å²) in [4.78, 5) is 0. The van der Waals surface area contributed by atoms with E-state index in [2.05, 4.69) is 10.6 Å². The average Bonchev–Trinajstić information content (AvgIpc) is 2.57. The molecular weight excluding hydrogens is 304 g/mol. The van der Waals surface area contributed by atoms with Crippen molar-refractivity contribution in [1.29, 1.82) is 0 Å². The molecule has 0 aliphatic rings. The number of aliphatic hydroxyl groups is 2. The highest BCUT2D eigenvalue weighted by atomic mass is 16.3. The Morgan fingerprint density at radius 2 is 1.21 bits per heavy atom. The summed E-state index contributed by atoms with van der Waals surface area (Å²) in [6.07, 6.45) is 1.000. The largest absolute Gasteiger partial charge is 0.399 e. The van der Waals surface area contributed by atoms with Gasteiger partial charge >= 0.3 is 0 Å². The van der Waals surface area contributed by atoms with E-state index in [1.807, 2.05) is 48.5 Å². The average molecular weight is 330 g/mol. The second-order valence-electron chi connectivity index (χ2n) is 5.95. The van der Waals surface area contributed by atoms with Crippen LogP contribution in [0.4, 0.5) is 22.7 Å². The molecule has 6 nitrogen and oxygen atoms in total. The second kappa shape index (κ2) is 8.42. The molecule has 0 radical (unpaired) electrons. The van der Waals surface area contributed by atoms with Gasteiger partial charge in [0.2, 0.25) is 0 Å². The van der Waals surface area contributed by atoms with E-state index in [1.54, 1.807) is 0 Å². The van der Waals surface area contributed by atoms with Crippen LogP contribution in [0.2, 0.25) is 0 Å². The summed E-state index contributed by atoms with van der Waals surface area (Å²) in [5, 5.41) is 25.8. The van der Waals surface area contributed by atoms with Crippen molar-refractivity contribution in [3.63, 3.8) is 0 Å². The van der Waals surface area contributed by atoms with Gasteiger partial charge in [0.25, 0.3) is 0 Å². The van der Waals surface area contributed by atoms with E-state index < -0.39 is 5.54 Å². The number of aliphatic hydroxyl groups excluding tert-OH is 2. The van der Waals surface area contributed by atoms with Crippen LogP contribution in [0.25, 0.3) is 0 Å². The highest BCUT2D eigenvalue weighted by Gasteiger charge is 2.29. The van der Waals surface area contributed by atoms with Gasteiger partial charge in [-0.1, -0.05) is 0 Å². The third-order valence-corrected chi connectivity index (χ3v) is 4.04. The SMILES string of the molecule is Nc1ccc(NCC(CCO)(CCO)Nc2ccc(N)cc2)cc1. The lowest BCUT2D eigenvalue weighted by atomic mass is 9.90. The van der Waals surface area contributed by atoms with Crippen LogP contribution in [0.15, 0.2) is 48.5 Å². The van der Waals surface area contributed by atoms with Gasteiger partial charge in [-0.05, 0) is 61.4 Å². The van der Waals surface area contributed by atoms with E-state index in [4.69, 9.17) is 11.5 Å². The molecule has 24 heavy (non-hydrogen) atoms. The molecule has 0 aromatic heterocycles. The molecule has 2 aromatic carbocycles. The van der Waals surface area contributed by atoms with Crippen LogP contribution in [0.3, 0.4) is 0 Å². The Morgan fingerprint density at radius 3 is 1.67 bits per heavy atom. The molecule has 0 unspecified atom stereocenters. The first-order valence-electron chi connectivity index (χ1n) is 8.02. The fraction of sp³-hybridized carbons (Fsp3) is 0.333. The monoisotopic (exact) mass is 330 g/mol. The number of hydrogen-bond donors (Lipinski definition) is 6. The quantitative estimate of drug-likeness (QED) is 0.391. The van der Waals surface area contributed by atoms with Crippen LogP contribution in [0.1, 0.15) is 12.8 Å². The zero-order valence-electron chi connectivity index (χ0n) is 13.7. The number of nitrogens with one attached hydrogen (secondary N) is 2. The van der Waals surface area contributed by atoms with Gasteiger partial charge in [0.05, 0.1) is 5.54 Å². The van der Waals surface area contributed by atoms with Gasteiger partial charge < -0.3 is 32.3 Å². The molecule has 0 saturated carbocycles. The van der Waals surface area contributed by atoms with Gasteiger partial charge in [-0.15, -0.1) is 0 Å². The molecule has 6 heteroatoms. The van der Waals surface area contributed by atoms with Crippen molar-refractivity contribution < 1.29 is 10.2 Å². The van der Waals surface area contributed by atoms with Crippen LogP contribution >= 0.6 is 0 Å². The first-order chi connectivity index (χ1) is 11.6. The molecule has 2 aromatic rings. The van der Waals surface area contributed by atoms with Crippen LogP contribution in [0.5, 0.6) is 0 Å². The van der Waals surface area contributed by atoms with Crippen molar-refractivity contribution in [1.82, 2.24) is 0 Å². The molecule has 0 atom stereocenters. The Kier molecular flexibility index (Phi) is 6.28. The number of nitrogen functional groups attached to an aromatic ring is 2. The molecule has 0 saturated heterocycles. The van der Waals surface area contributed by atoms with Crippen LogP contribution in [0, 0.1) is 0 Å². The van der Waals surface area contributed by atoms with Crippen molar-refractivity contribution in [3.05, 3.63) is 48.5 Å². The molecule has 0 bridgehead atoms. The highest BCUT2D eigenvalue weighted by molar-refractivity contribution is 5.54. The third-order valence-electron chi connectivity index (χ3n) is 4.04. The lowest BCUT2D eigenvalue weighted by molar-refractivity contribution is 0.210. The summed E-state index contributed by atoms with van der Waals surface area (Å²) in [5.41, 5.74) is 14.2. The smallest absolute Gasteiger partial charge is 0.0589 e. The minimum atomic E-state index is -0.485. The molecule has 0 heterocycles. The van der Waals surface area contributed by atoms with Crippen molar-refractivity contribution in [2.75, 3.05) is 41.9 Å². The van der Waals surface area contributed by atoms with Crippen LogP contribution in [-0.4, -0.2) is 35.5 Å². The molecule has 0 aliphatic heterocycles. The molecule has 0 amide bonds. The van der Waals surface area contributed by atoms with Crippen molar-refractivity contribution >= 4 is 22.7 Å². The Labute approximate surface area is 142 Å². The predicted molar refractivity (Wildman–Crippen MR) is 100.0 cm³/mol. The van der Waals surface area contributed by atoms with E-state index in [1.165, 1.54) is 0 Å². The fourth-order valence-corrected chi connectivity index (χ4v) is 2.64. The van der Waals surface area contributed by atoms with Crippen molar-refractivity contribution in [3.8, 4) is 0 Å². The minimum absolute atomic E-state index is 0.0192. The maximum atomic E-state index is 9.50. The first kappa shape index (κ1) is 17.9. The van der Waals surface area contributed by atoms with Gasteiger partial charge in [0.15, 0.2) is 0 Å². The van der Waals surface area contributed by atoms with E-state index in [-0.39, 0.29) is 13.2 Å². The summed E-state index contributed by atoms with van der Waals surface area (Å²) >= 11 is 0. The van der Waals surface area contributed by atoms with Crippen LogP contribution in [-0.2, 0) is 0 Å². The maximum absolute atomic E-state index is 9.50. The topological polar surface area (TPSA) is 117 Å². The maximum Gasteiger partial charge on any atom is 0.0589 e. The van der Waals surface area contributed by atoms with Gasteiger partial charge in [-0.25, -0.2) is 0 Å². The summed E-state index contributed by atoms with van der Waals surface area (Å²) in [7, 11) is 0.